The van der Waals surface area contributed by atoms with E-state index in [2.05, 4.69) is 128 Å². The Morgan fingerprint density at radius 2 is 1.48 bits per heavy atom. The lowest BCUT2D eigenvalue weighted by molar-refractivity contribution is 0.0958. The molecule has 1 aromatic rings. The molecule has 0 saturated heterocycles. The molecule has 1 unspecified atom stereocenters. The molecule has 0 aliphatic heterocycles. The van der Waals surface area contributed by atoms with Crippen LogP contribution in [0, 0.1) is 29.0 Å². The van der Waals surface area contributed by atoms with Crippen LogP contribution in [0.15, 0.2) is 68.6 Å². The van der Waals surface area contributed by atoms with E-state index in [-0.39, 0.29) is 38.6 Å². The molecule has 1 aromatic carbocycles. The van der Waals surface area contributed by atoms with Crippen LogP contribution in [0.25, 0.3) is 0 Å². The number of rotatable bonds is 11. The van der Waals surface area contributed by atoms with Crippen LogP contribution in [-0.4, -0.2) is 47.0 Å². The normalized spacial score (nSPS) is 29.0. The third-order valence-corrected chi connectivity index (χ3v) is 33.2. The Hall–Kier alpha value is -1.11. The molecule has 9 heteroatoms. The Kier molecular flexibility index (Phi) is 14.2. The van der Waals surface area contributed by atoms with E-state index in [4.69, 9.17) is 19.5 Å². The minimum atomic E-state index is -2.71. The van der Waals surface area contributed by atoms with Gasteiger partial charge in [-0.1, -0.05) is 100 Å². The third-order valence-electron chi connectivity index (χ3n) is 15.7. The molecule has 318 valence electrons. The van der Waals surface area contributed by atoms with E-state index in [1.165, 1.54) is 43.4 Å². The predicted octanol–water partition coefficient (Wildman–Crippen LogP) is 14.9. The second kappa shape index (κ2) is 16.7. The third kappa shape index (κ3) is 10.4. The molecular formula is C47H82FNO3SSi3. The van der Waals surface area contributed by atoms with Gasteiger partial charge in [0.05, 0.1) is 21.9 Å². The molecule has 3 saturated carbocycles. The highest BCUT2D eigenvalue weighted by molar-refractivity contribution is 7.94. The molecule has 0 aromatic heterocycles. The monoisotopic (exact) mass is 844 g/mol. The van der Waals surface area contributed by atoms with Crippen molar-refractivity contribution in [3.8, 4) is 0 Å². The largest absolute Gasteiger partial charge is 0.413 e. The molecule has 7 atom stereocenters. The topological polar surface area (TPSA) is 47.9 Å². The van der Waals surface area contributed by atoms with Crippen molar-refractivity contribution in [1.82, 2.24) is 0 Å². The number of allylic oxidation sites excluding steroid dienone is 3. The second-order valence-electron chi connectivity index (χ2n) is 22.8. The molecular weight excluding hydrogens is 762 g/mol. The molecule has 3 fully saturated rings. The summed E-state index contributed by atoms with van der Waals surface area (Å²) in [6.45, 7) is 44.1. The van der Waals surface area contributed by atoms with Crippen LogP contribution < -0.4 is 0 Å². The first-order valence-electron chi connectivity index (χ1n) is 21.8. The van der Waals surface area contributed by atoms with Gasteiger partial charge in [-0.25, -0.2) is 8.60 Å². The first kappa shape index (κ1) is 47.6. The van der Waals surface area contributed by atoms with Crippen molar-refractivity contribution >= 4 is 34.6 Å². The van der Waals surface area contributed by atoms with Crippen LogP contribution in [-0.2, 0) is 18.6 Å². The van der Waals surface area contributed by atoms with Gasteiger partial charge in [-0.3, -0.25) is 4.03 Å². The van der Waals surface area contributed by atoms with E-state index >= 15 is 0 Å². The smallest absolute Gasteiger partial charge is 0.193 e. The Morgan fingerprint density at radius 3 is 2.04 bits per heavy atom. The standard InChI is InChI=1S/C47H82FNO3SSi3/c1-34(29-31-53(50,40-25-23-38(48)24-26-40)49-54(13,14)44(3,4)5)41-27-28-42-36(20-19-30-47(41,42)12)21-22-37-32-39(51-55(15,16)45(6,7)8)33-43(35(37)2)52-56(17,18)46(9,10)11/h21-26,34,39,41-43H,2,19-20,27-33H2,1,3-18H3/b36-21+,37-22-/t34-,39-,41-,42+,43+,47-,53?/m1/s1. The fraction of sp³-hybridized carbons (Fsp3) is 0.745. The maximum absolute atomic E-state index is 15.0. The first-order valence-corrected chi connectivity index (χ1v) is 32.2. The van der Waals surface area contributed by atoms with Crippen LogP contribution in [0.3, 0.4) is 0 Å². The van der Waals surface area contributed by atoms with E-state index in [1.54, 1.807) is 17.7 Å². The molecule has 0 radical (unpaired) electrons. The van der Waals surface area contributed by atoms with Crippen LogP contribution in [0.4, 0.5) is 4.39 Å². The fourth-order valence-electron chi connectivity index (χ4n) is 8.90. The number of halogens is 1. The summed E-state index contributed by atoms with van der Waals surface area (Å²) in [5.74, 6) is 1.75. The van der Waals surface area contributed by atoms with Crippen LogP contribution in [0.2, 0.25) is 54.4 Å². The lowest BCUT2D eigenvalue weighted by Crippen LogP contribution is -2.49. The zero-order chi connectivity index (χ0) is 42.5. The van der Waals surface area contributed by atoms with Crippen molar-refractivity contribution in [3.05, 3.63) is 65.5 Å². The highest BCUT2D eigenvalue weighted by atomic mass is 32.2. The molecule has 0 bridgehead atoms. The van der Waals surface area contributed by atoms with Gasteiger partial charge < -0.3 is 8.85 Å². The minimum absolute atomic E-state index is 0.0223. The molecule has 0 spiro atoms. The lowest BCUT2D eigenvalue weighted by atomic mass is 9.61. The molecule has 0 amide bonds. The number of benzene rings is 1. The van der Waals surface area contributed by atoms with Crippen molar-refractivity contribution in [2.45, 2.75) is 199 Å². The summed E-state index contributed by atoms with van der Waals surface area (Å²) in [5, 5.41) is 0.226. The summed E-state index contributed by atoms with van der Waals surface area (Å²) < 4.78 is 48.5. The van der Waals surface area contributed by atoms with Crippen molar-refractivity contribution < 1.29 is 17.5 Å². The van der Waals surface area contributed by atoms with Gasteiger partial charge in [0.2, 0.25) is 0 Å². The summed E-state index contributed by atoms with van der Waals surface area (Å²) in [4.78, 5) is 0.681. The van der Waals surface area contributed by atoms with Gasteiger partial charge in [0, 0.05) is 17.1 Å². The molecule has 0 N–H and O–H groups in total. The van der Waals surface area contributed by atoms with Gasteiger partial charge >= 0.3 is 0 Å². The van der Waals surface area contributed by atoms with Gasteiger partial charge in [-0.2, -0.15) is 0 Å². The zero-order valence-electron chi connectivity index (χ0n) is 38.9. The number of fused-ring (bicyclic) bond motifs is 1. The molecule has 56 heavy (non-hydrogen) atoms. The van der Waals surface area contributed by atoms with E-state index in [0.29, 0.717) is 28.4 Å². The highest BCUT2D eigenvalue weighted by Gasteiger charge is 2.51. The molecule has 3 aliphatic rings. The van der Waals surface area contributed by atoms with Crippen LogP contribution in [0.1, 0.15) is 128 Å². The number of hydrogen-bond acceptors (Lipinski definition) is 4. The Morgan fingerprint density at radius 1 is 0.911 bits per heavy atom. The van der Waals surface area contributed by atoms with E-state index in [0.717, 1.165) is 31.3 Å². The lowest BCUT2D eigenvalue weighted by Gasteiger charge is -2.46. The first-order chi connectivity index (χ1) is 25.3. The molecule has 3 aliphatic carbocycles. The number of nitrogens with zero attached hydrogens (tertiary/aromatic N) is 1. The number of hydrogen-bond donors (Lipinski definition) is 0. The maximum atomic E-state index is 15.0. The van der Waals surface area contributed by atoms with E-state index in [1.807, 2.05) is 0 Å². The second-order valence-corrected chi connectivity index (χ2v) is 39.8. The maximum Gasteiger partial charge on any atom is 0.193 e. The zero-order valence-corrected chi connectivity index (χ0v) is 42.7. The van der Waals surface area contributed by atoms with Gasteiger partial charge in [0.15, 0.2) is 24.9 Å². The van der Waals surface area contributed by atoms with Crippen molar-refractivity contribution in [2.75, 3.05) is 5.75 Å². The van der Waals surface area contributed by atoms with Crippen molar-refractivity contribution in [3.63, 3.8) is 0 Å². The molecule has 0 heterocycles. The van der Waals surface area contributed by atoms with E-state index in [9.17, 15) is 8.60 Å². The molecule has 4 nitrogen and oxygen atoms in total. The van der Waals surface area contributed by atoms with Gasteiger partial charge in [0.1, 0.15) is 5.82 Å². The summed E-state index contributed by atoms with van der Waals surface area (Å²) in [6, 6.07) is 6.31. The fourth-order valence-corrected chi connectivity index (χ4v) is 17.9. The average Bonchev–Trinajstić information content (AvgIpc) is 3.40. The van der Waals surface area contributed by atoms with Crippen molar-refractivity contribution in [1.29, 1.82) is 0 Å². The van der Waals surface area contributed by atoms with Gasteiger partial charge in [-0.15, -0.1) is 0 Å². The summed E-state index contributed by atoms with van der Waals surface area (Å²) in [5.41, 5.74) is 4.24. The predicted molar refractivity (Wildman–Crippen MR) is 248 cm³/mol. The SMILES string of the molecule is C=C1/C(=C\C=C2/CCC[C@]3(C)[C@@H]([C@H](C)CCS(=O)(=N[Si](C)(C)C(C)(C)C)c4ccc(F)cc4)CC[C@@H]23)C[C@@H](O[Si](C)(C)C(C)(C)C)C[C@@H]1O[Si](C)(C)C(C)(C)C. The quantitative estimate of drug-likeness (QED) is 0.209. The minimum Gasteiger partial charge on any atom is -0.413 e. The molecule has 4 rings (SSSR count). The van der Waals surface area contributed by atoms with Crippen LogP contribution >= 0.6 is 0 Å². The van der Waals surface area contributed by atoms with E-state index < -0.39 is 34.6 Å². The average molecular weight is 844 g/mol. The van der Waals surface area contributed by atoms with Gasteiger partial charge in [0.25, 0.3) is 0 Å². The highest BCUT2D eigenvalue weighted by Crippen LogP contribution is 2.60. The van der Waals surface area contributed by atoms with Crippen molar-refractivity contribution in [2.24, 2.45) is 27.2 Å². The summed E-state index contributed by atoms with van der Waals surface area (Å²) >= 11 is 0. The Labute approximate surface area is 347 Å². The summed E-state index contributed by atoms with van der Waals surface area (Å²) in [7, 11) is -8.97. The van der Waals surface area contributed by atoms with Gasteiger partial charge in [-0.05, 0) is 158 Å². The summed E-state index contributed by atoms with van der Waals surface area (Å²) in [6.07, 6.45) is 13.6. The Balaban J connectivity index is 1.61. The Bertz CT molecular complexity index is 1750. The van der Waals surface area contributed by atoms with Crippen LogP contribution in [0.5, 0.6) is 0 Å².